The highest BCUT2D eigenvalue weighted by molar-refractivity contribution is 5.93. The smallest absolute Gasteiger partial charge is 0.340 e. The van der Waals surface area contributed by atoms with Crippen LogP contribution in [0.1, 0.15) is 66.1 Å². The number of carboxylic acids is 1. The van der Waals surface area contributed by atoms with E-state index >= 15 is 0 Å². The average Bonchev–Trinajstić information content (AvgIpc) is 3.16. The first-order chi connectivity index (χ1) is 15.6. The van der Waals surface area contributed by atoms with Crippen LogP contribution in [0.25, 0.3) is 22.3 Å². The molecule has 1 aliphatic heterocycles. The summed E-state index contributed by atoms with van der Waals surface area (Å²) < 4.78 is 16.3. The number of fused-ring (bicyclic) bond motifs is 4. The van der Waals surface area contributed by atoms with Crippen molar-refractivity contribution in [1.29, 1.82) is 0 Å². The van der Waals surface area contributed by atoms with E-state index in [0.717, 1.165) is 22.1 Å². The second kappa shape index (κ2) is 7.20. The molecule has 0 spiro atoms. The predicted molar refractivity (Wildman–Crippen MR) is 122 cm³/mol. The predicted octanol–water partition coefficient (Wildman–Crippen LogP) is 3.06. The van der Waals surface area contributed by atoms with Crippen molar-refractivity contribution in [3.63, 3.8) is 0 Å². The first-order valence-corrected chi connectivity index (χ1v) is 11.3. The summed E-state index contributed by atoms with van der Waals surface area (Å²) in [5, 5.41) is 21.6. The van der Waals surface area contributed by atoms with Crippen LogP contribution in [0.4, 0.5) is 4.39 Å². The maximum Gasteiger partial charge on any atom is 0.340 e. The van der Waals surface area contributed by atoms with Crippen LogP contribution in [0.2, 0.25) is 0 Å². The highest BCUT2D eigenvalue weighted by atomic mass is 19.1. The summed E-state index contributed by atoms with van der Waals surface area (Å²) in [5.74, 6) is -1.75. The van der Waals surface area contributed by atoms with E-state index in [9.17, 15) is 24.2 Å². The summed E-state index contributed by atoms with van der Waals surface area (Å²) in [6.07, 6.45) is 1.50. The molecule has 3 heterocycles. The molecule has 2 aromatic heterocycles. The van der Waals surface area contributed by atoms with Gasteiger partial charge in [0.15, 0.2) is 5.60 Å². The second-order valence-electron chi connectivity index (χ2n) is 9.04. The van der Waals surface area contributed by atoms with Gasteiger partial charge in [-0.3, -0.25) is 4.79 Å². The first kappa shape index (κ1) is 21.7. The van der Waals surface area contributed by atoms with Crippen LogP contribution in [0.5, 0.6) is 0 Å². The Balaban J connectivity index is 1.88. The molecule has 7 nitrogen and oxygen atoms in total. The molecule has 2 atom stereocenters. The summed E-state index contributed by atoms with van der Waals surface area (Å²) in [6.45, 7) is 5.34. The van der Waals surface area contributed by atoms with E-state index in [1.165, 1.54) is 6.07 Å². The zero-order valence-corrected chi connectivity index (χ0v) is 18.8. The Morgan fingerprint density at radius 3 is 2.70 bits per heavy atom. The number of aliphatic hydroxyl groups is 1. The first-order valence-electron chi connectivity index (χ1n) is 11.3. The number of aromatic nitrogens is 2. The number of aryl methyl sites for hydroxylation is 1. The number of nitrogens with zero attached hydrogens (tertiary/aromatic N) is 2. The Labute approximate surface area is 189 Å². The Bertz CT molecular complexity index is 1430. The van der Waals surface area contributed by atoms with E-state index < -0.39 is 11.6 Å². The fourth-order valence-electron chi connectivity index (χ4n) is 5.55. The van der Waals surface area contributed by atoms with Crippen molar-refractivity contribution in [2.24, 2.45) is 5.73 Å². The minimum absolute atomic E-state index is 0.0831. The van der Waals surface area contributed by atoms with Crippen LogP contribution < -0.4 is 11.3 Å². The lowest BCUT2D eigenvalue weighted by atomic mass is 9.82. The minimum Gasteiger partial charge on any atom is -0.479 e. The average molecular weight is 451 g/mol. The van der Waals surface area contributed by atoms with Crippen molar-refractivity contribution in [2.75, 3.05) is 0 Å². The number of rotatable bonds is 4. The van der Waals surface area contributed by atoms with Crippen LogP contribution in [0.15, 0.2) is 16.9 Å². The van der Waals surface area contributed by atoms with Gasteiger partial charge in [0.25, 0.3) is 5.56 Å². The van der Waals surface area contributed by atoms with E-state index in [-0.39, 0.29) is 47.9 Å². The highest BCUT2D eigenvalue weighted by Gasteiger charge is 2.41. The summed E-state index contributed by atoms with van der Waals surface area (Å²) in [6, 6.07) is 2.69. The molecule has 0 saturated carbocycles. The molecule has 1 aromatic carbocycles. The Morgan fingerprint density at radius 2 is 2.06 bits per heavy atom. The van der Waals surface area contributed by atoms with E-state index in [4.69, 9.17) is 10.7 Å². The third kappa shape index (κ3) is 2.77. The van der Waals surface area contributed by atoms with Crippen molar-refractivity contribution >= 4 is 16.9 Å². The lowest BCUT2D eigenvalue weighted by Gasteiger charge is -2.26. The van der Waals surface area contributed by atoms with Gasteiger partial charge in [-0.1, -0.05) is 13.8 Å². The molecule has 0 radical (unpaired) electrons. The van der Waals surface area contributed by atoms with Gasteiger partial charge in [-0.25, -0.2) is 14.2 Å². The summed E-state index contributed by atoms with van der Waals surface area (Å²) >= 11 is 0. The molecule has 1 unspecified atom stereocenters. The van der Waals surface area contributed by atoms with Gasteiger partial charge in [0.05, 0.1) is 23.4 Å². The zero-order chi connectivity index (χ0) is 23.8. The topological polar surface area (TPSA) is 118 Å². The molecule has 5 rings (SSSR count). The van der Waals surface area contributed by atoms with E-state index in [2.05, 4.69) is 0 Å². The number of carboxylic acid groups (broad SMARTS) is 1. The Hall–Kier alpha value is -3.10. The lowest BCUT2D eigenvalue weighted by Crippen LogP contribution is -2.39. The SMILES string of the molecule is CCc1c(C(O)(CC)C(=O)O)cc2n(c1=O)Cc1c-2nc2cc(F)c(C)c3c2c1[C@@H](N)CC3. The van der Waals surface area contributed by atoms with Crippen molar-refractivity contribution in [3.8, 4) is 11.4 Å². The van der Waals surface area contributed by atoms with Crippen LogP contribution >= 0.6 is 0 Å². The van der Waals surface area contributed by atoms with Gasteiger partial charge in [-0.15, -0.1) is 0 Å². The fraction of sp³-hybridized carbons (Fsp3) is 0.400. The van der Waals surface area contributed by atoms with Crippen LogP contribution in [-0.2, 0) is 29.8 Å². The maximum absolute atomic E-state index is 14.7. The Kier molecular flexibility index (Phi) is 4.74. The van der Waals surface area contributed by atoms with Gasteiger partial charge in [0.1, 0.15) is 5.82 Å². The van der Waals surface area contributed by atoms with Gasteiger partial charge in [0, 0.05) is 34.2 Å². The molecule has 3 aromatic rings. The van der Waals surface area contributed by atoms with Gasteiger partial charge in [-0.2, -0.15) is 0 Å². The molecular weight excluding hydrogens is 425 g/mol. The van der Waals surface area contributed by atoms with Crippen molar-refractivity contribution < 1.29 is 19.4 Å². The van der Waals surface area contributed by atoms with E-state index in [1.807, 2.05) is 0 Å². The molecule has 1 aliphatic carbocycles. The normalized spacial score (nSPS) is 18.2. The van der Waals surface area contributed by atoms with Gasteiger partial charge in [-0.05, 0) is 55.4 Å². The van der Waals surface area contributed by atoms with Crippen LogP contribution in [-0.4, -0.2) is 25.7 Å². The summed E-state index contributed by atoms with van der Waals surface area (Å²) in [7, 11) is 0. The number of nitrogens with two attached hydrogens (primary N) is 1. The van der Waals surface area contributed by atoms with Gasteiger partial charge in [0.2, 0.25) is 0 Å². The summed E-state index contributed by atoms with van der Waals surface area (Å²) in [4.78, 5) is 30.2. The summed E-state index contributed by atoms with van der Waals surface area (Å²) in [5.41, 5.74) is 8.92. The third-order valence-electron chi connectivity index (χ3n) is 7.44. The maximum atomic E-state index is 14.7. The molecule has 0 amide bonds. The zero-order valence-electron chi connectivity index (χ0n) is 18.8. The van der Waals surface area contributed by atoms with E-state index in [0.29, 0.717) is 35.3 Å². The number of carbonyl (C=O) groups is 1. The molecule has 0 fully saturated rings. The Morgan fingerprint density at radius 1 is 1.33 bits per heavy atom. The second-order valence-corrected chi connectivity index (χ2v) is 9.04. The van der Waals surface area contributed by atoms with Crippen molar-refractivity contribution in [1.82, 2.24) is 9.55 Å². The highest BCUT2D eigenvalue weighted by Crippen LogP contribution is 2.44. The van der Waals surface area contributed by atoms with Crippen LogP contribution in [0.3, 0.4) is 0 Å². The molecular formula is C25H26FN3O4. The van der Waals surface area contributed by atoms with E-state index in [1.54, 1.807) is 31.4 Å². The van der Waals surface area contributed by atoms with Crippen LogP contribution in [0, 0.1) is 12.7 Å². The third-order valence-corrected chi connectivity index (χ3v) is 7.44. The number of hydrogen-bond donors (Lipinski definition) is 3. The molecule has 0 bridgehead atoms. The number of halogens is 1. The van der Waals surface area contributed by atoms with Gasteiger partial charge >= 0.3 is 5.97 Å². The largest absolute Gasteiger partial charge is 0.479 e. The van der Waals surface area contributed by atoms with Crippen molar-refractivity contribution in [2.45, 2.75) is 64.6 Å². The standard InChI is InChI=1S/C25H26FN3O4/c1-4-12-15(25(33,5-2)24(31)32)8-19-22-14(10-29(19)23(12)30)20-17(27)7-6-13-11(3)16(26)9-18(28-22)21(13)20/h8-9,17,33H,4-7,10,27H2,1-3H3,(H,31,32)/t17-,25?/m0/s1. The molecule has 8 heteroatoms. The van der Waals surface area contributed by atoms with Crippen molar-refractivity contribution in [3.05, 3.63) is 61.7 Å². The molecule has 4 N–H and O–H groups in total. The van der Waals surface area contributed by atoms with Gasteiger partial charge < -0.3 is 20.5 Å². The lowest BCUT2D eigenvalue weighted by molar-refractivity contribution is -0.160. The molecule has 172 valence electrons. The fourth-order valence-corrected chi connectivity index (χ4v) is 5.55. The molecule has 2 aliphatic rings. The molecule has 33 heavy (non-hydrogen) atoms. The molecule has 0 saturated heterocycles. The minimum atomic E-state index is -2.19. The quantitative estimate of drug-likeness (QED) is 0.439. The monoisotopic (exact) mass is 451 g/mol. The number of hydrogen-bond acceptors (Lipinski definition) is 5. The number of aliphatic carboxylic acids is 1. The number of benzene rings is 1. The number of pyridine rings is 2.